The summed E-state index contributed by atoms with van der Waals surface area (Å²) in [4.78, 5) is 27.0. The molecule has 20 heavy (non-hydrogen) atoms. The molecule has 0 spiro atoms. The van der Waals surface area contributed by atoms with E-state index in [-0.39, 0.29) is 43.8 Å². The molecule has 1 aliphatic heterocycles. The predicted molar refractivity (Wildman–Crippen MR) is 73.2 cm³/mol. The summed E-state index contributed by atoms with van der Waals surface area (Å²) in [6.07, 6.45) is 3.39. The van der Waals surface area contributed by atoms with Crippen LogP contribution in [0.15, 0.2) is 0 Å². The Kier molecular flexibility index (Phi) is 4.99. The first-order valence-electron chi connectivity index (χ1n) is 7.39. The van der Waals surface area contributed by atoms with Gasteiger partial charge in [-0.05, 0) is 26.7 Å². The van der Waals surface area contributed by atoms with Gasteiger partial charge in [0.2, 0.25) is 5.91 Å². The van der Waals surface area contributed by atoms with E-state index in [0.29, 0.717) is 0 Å². The van der Waals surface area contributed by atoms with E-state index < -0.39 is 6.10 Å². The summed E-state index contributed by atoms with van der Waals surface area (Å²) in [5.74, 6) is -0.217. The molecule has 114 valence electrons. The summed E-state index contributed by atoms with van der Waals surface area (Å²) in [6, 6.07) is -0.0639. The first-order chi connectivity index (χ1) is 9.49. The minimum Gasteiger partial charge on any atom is -0.389 e. The van der Waals surface area contributed by atoms with Crippen LogP contribution in [0, 0.1) is 0 Å². The first-order valence-corrected chi connectivity index (χ1v) is 7.39. The van der Waals surface area contributed by atoms with Crippen LogP contribution in [0.25, 0.3) is 0 Å². The average Bonchev–Trinajstić information content (AvgIpc) is 2.99. The van der Waals surface area contributed by atoms with Crippen molar-refractivity contribution in [1.82, 2.24) is 9.80 Å². The molecule has 2 aliphatic rings. The Morgan fingerprint density at radius 1 is 1.30 bits per heavy atom. The van der Waals surface area contributed by atoms with Gasteiger partial charge >= 0.3 is 6.03 Å². The number of ether oxygens (including phenoxy) is 1. The lowest BCUT2D eigenvalue weighted by atomic mass is 10.2. The third-order valence-corrected chi connectivity index (χ3v) is 3.86. The van der Waals surface area contributed by atoms with Gasteiger partial charge in [-0.2, -0.15) is 0 Å². The van der Waals surface area contributed by atoms with Crippen LogP contribution in [0.5, 0.6) is 0 Å². The lowest BCUT2D eigenvalue weighted by molar-refractivity contribution is -0.126. The average molecular weight is 284 g/mol. The van der Waals surface area contributed by atoms with Gasteiger partial charge in [-0.1, -0.05) is 12.8 Å². The number of urea groups is 1. The van der Waals surface area contributed by atoms with Gasteiger partial charge in [0.25, 0.3) is 0 Å². The minimum atomic E-state index is -0.825. The van der Waals surface area contributed by atoms with E-state index in [4.69, 9.17) is 4.74 Å². The zero-order chi connectivity index (χ0) is 14.7. The van der Waals surface area contributed by atoms with Gasteiger partial charge in [0.1, 0.15) is 6.54 Å². The molecule has 1 saturated carbocycles. The van der Waals surface area contributed by atoms with Crippen molar-refractivity contribution in [3.05, 3.63) is 0 Å². The summed E-state index contributed by atoms with van der Waals surface area (Å²) in [5, 5.41) is 9.86. The highest BCUT2D eigenvalue weighted by Gasteiger charge is 2.41. The molecule has 3 amide bonds. The van der Waals surface area contributed by atoms with E-state index in [2.05, 4.69) is 0 Å². The Morgan fingerprint density at radius 2 is 1.95 bits per heavy atom. The van der Waals surface area contributed by atoms with Crippen molar-refractivity contribution in [3.8, 4) is 0 Å². The summed E-state index contributed by atoms with van der Waals surface area (Å²) < 4.78 is 5.30. The Bertz CT molecular complexity index is 366. The van der Waals surface area contributed by atoms with Crippen LogP contribution < -0.4 is 0 Å². The van der Waals surface area contributed by atoms with Crippen molar-refractivity contribution in [2.75, 3.05) is 19.7 Å². The fourth-order valence-electron chi connectivity index (χ4n) is 2.81. The van der Waals surface area contributed by atoms with Crippen LogP contribution in [-0.2, 0) is 9.53 Å². The summed E-state index contributed by atoms with van der Waals surface area (Å²) in [7, 11) is 0. The topological polar surface area (TPSA) is 70.1 Å². The Labute approximate surface area is 119 Å². The fourth-order valence-corrected chi connectivity index (χ4v) is 2.81. The summed E-state index contributed by atoms with van der Waals surface area (Å²) >= 11 is 0. The lowest BCUT2D eigenvalue weighted by Crippen LogP contribution is -2.42. The van der Waals surface area contributed by atoms with Crippen molar-refractivity contribution in [2.24, 2.45) is 0 Å². The molecular weight excluding hydrogens is 260 g/mol. The summed E-state index contributed by atoms with van der Waals surface area (Å²) in [6.45, 7) is 4.06. The molecule has 1 atom stereocenters. The highest BCUT2D eigenvalue weighted by atomic mass is 16.5. The van der Waals surface area contributed by atoms with Crippen molar-refractivity contribution in [2.45, 2.75) is 57.8 Å². The van der Waals surface area contributed by atoms with Crippen molar-refractivity contribution in [3.63, 3.8) is 0 Å². The monoisotopic (exact) mass is 284 g/mol. The number of imide groups is 1. The molecule has 1 N–H and O–H groups in total. The van der Waals surface area contributed by atoms with E-state index in [1.54, 1.807) is 4.90 Å². The standard InChI is InChI=1S/C14H24N2O4/c1-10(2)20-9-12(17)7-16-13(18)8-15(14(16)19)11-5-3-4-6-11/h10-12,17H,3-9H2,1-2H3/t12-/m1/s1. The van der Waals surface area contributed by atoms with Gasteiger partial charge in [0, 0.05) is 6.04 Å². The zero-order valence-electron chi connectivity index (χ0n) is 12.2. The number of carbonyl (C=O) groups excluding carboxylic acids is 2. The van der Waals surface area contributed by atoms with Gasteiger partial charge in [-0.15, -0.1) is 0 Å². The van der Waals surface area contributed by atoms with Gasteiger partial charge in [-0.25, -0.2) is 4.79 Å². The SMILES string of the molecule is CC(C)OC[C@H](O)CN1C(=O)CN(C2CCCC2)C1=O. The normalized spacial score (nSPS) is 22.4. The van der Waals surface area contributed by atoms with Crippen LogP contribution in [0.4, 0.5) is 4.79 Å². The highest BCUT2D eigenvalue weighted by Crippen LogP contribution is 2.27. The molecule has 0 aromatic rings. The Hall–Kier alpha value is -1.14. The molecule has 0 aromatic heterocycles. The molecule has 2 rings (SSSR count). The van der Waals surface area contributed by atoms with Crippen LogP contribution in [0.3, 0.4) is 0 Å². The molecule has 0 unspecified atom stereocenters. The molecule has 1 aliphatic carbocycles. The number of hydrogen-bond donors (Lipinski definition) is 1. The number of amides is 3. The van der Waals surface area contributed by atoms with Crippen LogP contribution in [0.2, 0.25) is 0 Å². The number of carbonyl (C=O) groups is 2. The number of β-amino-alcohol motifs (C(OH)–C–C–N with tert-alkyl or cyclic N) is 1. The molecule has 0 radical (unpaired) electrons. The second kappa shape index (κ2) is 6.54. The van der Waals surface area contributed by atoms with Gasteiger partial charge in [-0.3, -0.25) is 9.69 Å². The molecule has 1 heterocycles. The van der Waals surface area contributed by atoms with E-state index in [1.807, 2.05) is 13.8 Å². The first kappa shape index (κ1) is 15.3. The second-order valence-electron chi connectivity index (χ2n) is 5.89. The van der Waals surface area contributed by atoms with Crippen molar-refractivity contribution in [1.29, 1.82) is 0 Å². The number of aliphatic hydroxyl groups is 1. The molecule has 2 fully saturated rings. The fraction of sp³-hybridized carbons (Fsp3) is 0.857. The molecule has 0 aromatic carbocycles. The predicted octanol–water partition coefficient (Wildman–Crippen LogP) is 0.979. The maximum absolute atomic E-state index is 12.3. The molecule has 6 nitrogen and oxygen atoms in total. The summed E-state index contributed by atoms with van der Waals surface area (Å²) in [5.41, 5.74) is 0. The quantitative estimate of drug-likeness (QED) is 0.738. The van der Waals surface area contributed by atoms with Crippen molar-refractivity contribution >= 4 is 11.9 Å². The second-order valence-corrected chi connectivity index (χ2v) is 5.89. The van der Waals surface area contributed by atoms with Gasteiger partial charge < -0.3 is 14.7 Å². The third-order valence-electron chi connectivity index (χ3n) is 3.86. The zero-order valence-corrected chi connectivity index (χ0v) is 12.2. The maximum Gasteiger partial charge on any atom is 0.327 e. The molecule has 0 bridgehead atoms. The number of aliphatic hydroxyl groups excluding tert-OH is 1. The number of nitrogens with zero attached hydrogens (tertiary/aromatic N) is 2. The third kappa shape index (κ3) is 3.49. The van der Waals surface area contributed by atoms with E-state index >= 15 is 0 Å². The van der Waals surface area contributed by atoms with Crippen LogP contribution >= 0.6 is 0 Å². The maximum atomic E-state index is 12.3. The molecule has 1 saturated heterocycles. The van der Waals surface area contributed by atoms with Crippen LogP contribution in [0.1, 0.15) is 39.5 Å². The minimum absolute atomic E-state index is 0.0182. The number of rotatable bonds is 6. The van der Waals surface area contributed by atoms with E-state index in [1.165, 1.54) is 0 Å². The van der Waals surface area contributed by atoms with Gasteiger partial charge in [0.05, 0.1) is 25.4 Å². The Balaban J connectivity index is 1.88. The van der Waals surface area contributed by atoms with Crippen LogP contribution in [-0.4, -0.2) is 64.8 Å². The Morgan fingerprint density at radius 3 is 2.55 bits per heavy atom. The van der Waals surface area contributed by atoms with Gasteiger partial charge in [0.15, 0.2) is 0 Å². The highest BCUT2D eigenvalue weighted by molar-refractivity contribution is 6.02. The molecular formula is C14H24N2O4. The van der Waals surface area contributed by atoms with E-state index in [0.717, 1.165) is 30.6 Å². The smallest absolute Gasteiger partial charge is 0.327 e. The van der Waals surface area contributed by atoms with E-state index in [9.17, 15) is 14.7 Å². The lowest BCUT2D eigenvalue weighted by Gasteiger charge is -2.24. The largest absolute Gasteiger partial charge is 0.389 e. The molecule has 6 heteroatoms. The van der Waals surface area contributed by atoms with Crippen molar-refractivity contribution < 1.29 is 19.4 Å². The number of hydrogen-bond acceptors (Lipinski definition) is 4.